The lowest BCUT2D eigenvalue weighted by Crippen LogP contribution is -2.31. The number of rotatable bonds is 8. The van der Waals surface area contributed by atoms with Gasteiger partial charge in [-0.1, -0.05) is 37.3 Å². The van der Waals surface area contributed by atoms with Gasteiger partial charge in [-0.15, -0.1) is 0 Å². The Kier molecular flexibility index (Phi) is 6.17. The average Bonchev–Trinajstić information content (AvgIpc) is 2.61. The number of carboxylic acids is 1. The van der Waals surface area contributed by atoms with Gasteiger partial charge in [0.05, 0.1) is 12.7 Å². The van der Waals surface area contributed by atoms with Crippen molar-refractivity contribution in [3.05, 3.63) is 59.7 Å². The summed E-state index contributed by atoms with van der Waals surface area (Å²) >= 11 is 0. The Morgan fingerprint density at radius 2 is 1.84 bits per heavy atom. The highest BCUT2D eigenvalue weighted by Gasteiger charge is 2.28. The molecule has 0 bridgehead atoms. The Morgan fingerprint density at radius 3 is 2.40 bits per heavy atom. The predicted molar refractivity (Wildman–Crippen MR) is 94.3 cm³/mol. The van der Waals surface area contributed by atoms with Crippen LogP contribution in [0.2, 0.25) is 0 Å². The summed E-state index contributed by atoms with van der Waals surface area (Å²) in [6, 6.07) is 13.1. The van der Waals surface area contributed by atoms with Gasteiger partial charge in [-0.25, -0.2) is 13.2 Å². The summed E-state index contributed by atoms with van der Waals surface area (Å²) in [5.41, 5.74) is 0.753. The summed E-state index contributed by atoms with van der Waals surface area (Å²) in [7, 11) is -2.56. The largest absolute Gasteiger partial charge is 0.495 e. The van der Waals surface area contributed by atoms with Crippen molar-refractivity contribution in [3.8, 4) is 5.75 Å². The van der Waals surface area contributed by atoms with Gasteiger partial charge in [0.25, 0.3) is 0 Å². The van der Waals surface area contributed by atoms with Crippen molar-refractivity contribution in [1.29, 1.82) is 0 Å². The third-order valence-electron chi connectivity index (χ3n) is 3.70. The van der Waals surface area contributed by atoms with Crippen molar-refractivity contribution in [2.24, 2.45) is 0 Å². The summed E-state index contributed by atoms with van der Waals surface area (Å²) in [5, 5.41) is 9.17. The van der Waals surface area contributed by atoms with Crippen LogP contribution in [0.15, 0.2) is 53.4 Å². The van der Waals surface area contributed by atoms with Gasteiger partial charge in [-0.3, -0.25) is 0 Å². The van der Waals surface area contributed by atoms with Crippen LogP contribution in [0.1, 0.15) is 29.3 Å². The number of methoxy groups -OCH3 is 1. The Balaban J connectivity index is 2.49. The van der Waals surface area contributed by atoms with E-state index in [9.17, 15) is 13.2 Å². The molecule has 25 heavy (non-hydrogen) atoms. The van der Waals surface area contributed by atoms with Gasteiger partial charge in [0, 0.05) is 13.1 Å². The van der Waals surface area contributed by atoms with E-state index < -0.39 is 16.0 Å². The Hall–Kier alpha value is -2.38. The topological polar surface area (TPSA) is 83.9 Å². The second-order valence-corrected chi connectivity index (χ2v) is 7.40. The highest BCUT2D eigenvalue weighted by atomic mass is 32.2. The third-order valence-corrected chi connectivity index (χ3v) is 5.57. The van der Waals surface area contributed by atoms with E-state index in [1.54, 1.807) is 0 Å². The molecule has 0 amide bonds. The van der Waals surface area contributed by atoms with Crippen LogP contribution in [0.4, 0.5) is 0 Å². The molecule has 0 aromatic heterocycles. The molecule has 0 aliphatic rings. The third kappa shape index (κ3) is 4.37. The maximum atomic E-state index is 13.1. The summed E-state index contributed by atoms with van der Waals surface area (Å²) in [6.45, 7) is 2.41. The molecule has 0 unspecified atom stereocenters. The molecule has 0 spiro atoms. The van der Waals surface area contributed by atoms with E-state index in [0.29, 0.717) is 13.0 Å². The smallest absolute Gasteiger partial charge is 0.335 e. The highest BCUT2D eigenvalue weighted by Crippen LogP contribution is 2.29. The minimum atomic E-state index is -3.92. The summed E-state index contributed by atoms with van der Waals surface area (Å²) in [6.07, 6.45) is 0.632. The molecule has 0 radical (unpaired) electrons. The SMILES string of the molecule is CCCN(Cc1ccccc1)S(=O)(=O)c1cc(C(=O)O)ccc1OC. The normalized spacial score (nSPS) is 11.5. The van der Waals surface area contributed by atoms with Crippen molar-refractivity contribution >= 4 is 16.0 Å². The fraction of sp³-hybridized carbons (Fsp3) is 0.278. The van der Waals surface area contributed by atoms with Gasteiger partial charge < -0.3 is 9.84 Å². The summed E-state index contributed by atoms with van der Waals surface area (Å²) in [4.78, 5) is 11.1. The predicted octanol–water partition coefficient (Wildman–Crippen LogP) is 2.99. The Morgan fingerprint density at radius 1 is 1.16 bits per heavy atom. The quantitative estimate of drug-likeness (QED) is 0.779. The second-order valence-electron chi connectivity index (χ2n) is 5.49. The van der Waals surface area contributed by atoms with Crippen molar-refractivity contribution in [1.82, 2.24) is 4.31 Å². The van der Waals surface area contributed by atoms with Crippen molar-refractivity contribution in [2.45, 2.75) is 24.8 Å². The monoisotopic (exact) mass is 363 g/mol. The number of carboxylic acid groups (broad SMARTS) is 1. The van der Waals surface area contributed by atoms with E-state index in [4.69, 9.17) is 9.84 Å². The van der Waals surface area contributed by atoms with Crippen molar-refractivity contribution < 1.29 is 23.1 Å². The molecule has 2 aromatic carbocycles. The summed E-state index contributed by atoms with van der Waals surface area (Å²) < 4.78 is 32.8. The first-order valence-electron chi connectivity index (χ1n) is 7.85. The number of nitrogens with zero attached hydrogens (tertiary/aromatic N) is 1. The van der Waals surface area contributed by atoms with E-state index in [2.05, 4.69) is 0 Å². The molecular formula is C18H21NO5S. The first-order valence-corrected chi connectivity index (χ1v) is 9.29. The Labute approximate surface area is 147 Å². The highest BCUT2D eigenvalue weighted by molar-refractivity contribution is 7.89. The zero-order valence-corrected chi connectivity index (χ0v) is 15.0. The maximum absolute atomic E-state index is 13.1. The number of benzene rings is 2. The van der Waals surface area contributed by atoms with Gasteiger partial charge in [0.2, 0.25) is 10.0 Å². The lowest BCUT2D eigenvalue weighted by Gasteiger charge is -2.23. The molecule has 0 aliphatic heterocycles. The van der Waals surface area contributed by atoms with E-state index in [1.165, 1.54) is 23.5 Å². The van der Waals surface area contributed by atoms with Crippen LogP contribution in [-0.4, -0.2) is 37.5 Å². The van der Waals surface area contributed by atoms with Gasteiger partial charge in [0.15, 0.2) is 0 Å². The standard InChI is InChI=1S/C18H21NO5S/c1-3-11-19(13-14-7-5-4-6-8-14)25(22,23)17-12-15(18(20)21)9-10-16(17)24-2/h4-10,12H,3,11,13H2,1-2H3,(H,20,21). The molecule has 0 heterocycles. The van der Waals surface area contributed by atoms with E-state index >= 15 is 0 Å². The van der Waals surface area contributed by atoms with Crippen molar-refractivity contribution in [2.75, 3.05) is 13.7 Å². The van der Waals surface area contributed by atoms with Crippen LogP contribution in [-0.2, 0) is 16.6 Å². The zero-order valence-electron chi connectivity index (χ0n) is 14.2. The Bertz CT molecular complexity index is 834. The van der Waals surface area contributed by atoms with Crippen LogP contribution in [0.25, 0.3) is 0 Å². The van der Waals surface area contributed by atoms with Gasteiger partial charge >= 0.3 is 5.97 Å². The number of hydrogen-bond acceptors (Lipinski definition) is 4. The molecule has 1 N–H and O–H groups in total. The zero-order chi connectivity index (χ0) is 18.4. The van der Waals surface area contributed by atoms with Crippen LogP contribution in [0.3, 0.4) is 0 Å². The number of aromatic carboxylic acids is 1. The first-order chi connectivity index (χ1) is 11.9. The van der Waals surface area contributed by atoms with Gasteiger partial charge in [0.1, 0.15) is 10.6 Å². The van der Waals surface area contributed by atoms with Crippen LogP contribution in [0, 0.1) is 0 Å². The van der Waals surface area contributed by atoms with E-state index in [1.807, 2.05) is 37.3 Å². The molecule has 2 aromatic rings. The molecule has 0 aliphatic carbocycles. The molecule has 0 fully saturated rings. The summed E-state index contributed by atoms with van der Waals surface area (Å²) in [5.74, 6) is -1.07. The van der Waals surface area contributed by atoms with Gasteiger partial charge in [-0.2, -0.15) is 4.31 Å². The average molecular weight is 363 g/mol. The van der Waals surface area contributed by atoms with Crippen LogP contribution >= 0.6 is 0 Å². The van der Waals surface area contributed by atoms with Gasteiger partial charge in [-0.05, 0) is 30.2 Å². The lowest BCUT2D eigenvalue weighted by atomic mass is 10.2. The van der Waals surface area contributed by atoms with Crippen LogP contribution < -0.4 is 4.74 Å². The number of carbonyl (C=O) groups is 1. The molecule has 0 saturated carbocycles. The second kappa shape index (κ2) is 8.13. The fourth-order valence-corrected chi connectivity index (χ4v) is 4.17. The molecule has 2 rings (SSSR count). The van der Waals surface area contributed by atoms with E-state index in [0.717, 1.165) is 11.6 Å². The minimum Gasteiger partial charge on any atom is -0.495 e. The molecule has 134 valence electrons. The molecule has 0 atom stereocenters. The minimum absolute atomic E-state index is 0.101. The maximum Gasteiger partial charge on any atom is 0.335 e. The molecular weight excluding hydrogens is 342 g/mol. The molecule has 7 heteroatoms. The molecule has 6 nitrogen and oxygen atoms in total. The van der Waals surface area contributed by atoms with Crippen molar-refractivity contribution in [3.63, 3.8) is 0 Å². The number of ether oxygens (including phenoxy) is 1. The lowest BCUT2D eigenvalue weighted by molar-refractivity contribution is 0.0696. The number of hydrogen-bond donors (Lipinski definition) is 1. The first kappa shape index (κ1) is 19.0. The van der Waals surface area contributed by atoms with E-state index in [-0.39, 0.29) is 22.8 Å². The molecule has 0 saturated heterocycles. The number of sulfonamides is 1. The van der Waals surface area contributed by atoms with Crippen LogP contribution in [0.5, 0.6) is 5.75 Å². The fourth-order valence-electron chi connectivity index (χ4n) is 2.47.